The van der Waals surface area contributed by atoms with Crippen molar-refractivity contribution in [1.82, 2.24) is 10.6 Å². The van der Waals surface area contributed by atoms with Crippen LogP contribution in [0, 0.1) is 0 Å². The molecule has 0 fully saturated rings. The maximum Gasteiger partial charge on any atom is 0.338 e. The fourth-order valence-electron chi connectivity index (χ4n) is 2.46. The highest BCUT2D eigenvalue weighted by molar-refractivity contribution is 7.80. The lowest BCUT2D eigenvalue weighted by Crippen LogP contribution is -2.45. The molecular weight excluding hydrogens is 316 g/mol. The topological polar surface area (TPSA) is 68.8 Å². The molecule has 1 atom stereocenters. The van der Waals surface area contributed by atoms with Crippen LogP contribution in [-0.4, -0.2) is 31.9 Å². The van der Waals surface area contributed by atoms with Crippen LogP contribution in [0.3, 0.4) is 0 Å². The van der Waals surface area contributed by atoms with E-state index in [9.17, 15) is 4.79 Å². The summed E-state index contributed by atoms with van der Waals surface area (Å²) in [4.78, 5) is 12.4. The fraction of sp³-hybridized carbons (Fsp3) is 0.375. The maximum absolute atomic E-state index is 12.4. The first-order valence-corrected chi connectivity index (χ1v) is 7.60. The molecule has 0 saturated carbocycles. The second kappa shape index (κ2) is 7.32. The summed E-state index contributed by atoms with van der Waals surface area (Å²) in [6, 6.07) is 4.96. The van der Waals surface area contributed by atoms with Gasteiger partial charge in [0, 0.05) is 17.3 Å². The molecule has 124 valence electrons. The van der Waals surface area contributed by atoms with Crippen molar-refractivity contribution in [2.45, 2.75) is 19.9 Å². The smallest absolute Gasteiger partial charge is 0.338 e. The highest BCUT2D eigenvalue weighted by Crippen LogP contribution is 2.35. The van der Waals surface area contributed by atoms with Crippen molar-refractivity contribution in [1.29, 1.82) is 0 Å². The number of thiocarbonyl (C=S) groups is 1. The normalized spacial score (nSPS) is 17.2. The minimum atomic E-state index is -0.455. The minimum Gasteiger partial charge on any atom is -0.497 e. The number of esters is 1. The van der Waals surface area contributed by atoms with Gasteiger partial charge >= 0.3 is 5.97 Å². The molecule has 1 heterocycles. The van der Waals surface area contributed by atoms with E-state index in [1.807, 2.05) is 12.1 Å². The summed E-state index contributed by atoms with van der Waals surface area (Å²) in [5, 5.41) is 6.51. The van der Waals surface area contributed by atoms with Gasteiger partial charge in [-0.05, 0) is 38.2 Å². The molecule has 0 bridgehead atoms. The first kappa shape index (κ1) is 17.1. The average Bonchev–Trinajstić information content (AvgIpc) is 2.53. The van der Waals surface area contributed by atoms with Gasteiger partial charge in [-0.1, -0.05) is 0 Å². The van der Waals surface area contributed by atoms with E-state index >= 15 is 0 Å². The fourth-order valence-corrected chi connectivity index (χ4v) is 2.73. The monoisotopic (exact) mass is 336 g/mol. The number of hydrogen-bond acceptors (Lipinski definition) is 5. The summed E-state index contributed by atoms with van der Waals surface area (Å²) in [6.45, 7) is 3.86. The number of nitrogens with one attached hydrogen (secondary N) is 2. The molecule has 7 heteroatoms. The lowest BCUT2D eigenvalue weighted by Gasteiger charge is -2.30. The van der Waals surface area contributed by atoms with E-state index in [1.54, 1.807) is 34.1 Å². The Kier molecular flexibility index (Phi) is 5.44. The Morgan fingerprint density at radius 3 is 2.65 bits per heavy atom. The molecule has 2 N–H and O–H groups in total. The molecule has 2 rings (SSSR count). The van der Waals surface area contributed by atoms with Gasteiger partial charge in [0.05, 0.1) is 32.4 Å². The van der Waals surface area contributed by atoms with Gasteiger partial charge in [0.2, 0.25) is 0 Å². The van der Waals surface area contributed by atoms with Gasteiger partial charge < -0.3 is 24.8 Å². The predicted octanol–water partition coefficient (Wildman–Crippen LogP) is 2.06. The van der Waals surface area contributed by atoms with Crippen molar-refractivity contribution in [2.75, 3.05) is 20.8 Å². The molecule has 0 aromatic heterocycles. The Morgan fingerprint density at radius 2 is 2.04 bits per heavy atom. The second-order valence-corrected chi connectivity index (χ2v) is 5.31. The van der Waals surface area contributed by atoms with Gasteiger partial charge in [-0.2, -0.15) is 0 Å². The third-order valence-electron chi connectivity index (χ3n) is 3.52. The van der Waals surface area contributed by atoms with E-state index in [4.69, 9.17) is 26.4 Å². The summed E-state index contributed by atoms with van der Waals surface area (Å²) in [6.07, 6.45) is 0. The quantitative estimate of drug-likeness (QED) is 0.630. The van der Waals surface area contributed by atoms with E-state index in [-0.39, 0.29) is 0 Å². The zero-order chi connectivity index (χ0) is 17.0. The van der Waals surface area contributed by atoms with Gasteiger partial charge in [-0.15, -0.1) is 0 Å². The van der Waals surface area contributed by atoms with Gasteiger partial charge in [0.1, 0.15) is 11.5 Å². The Bertz CT molecular complexity index is 657. The lowest BCUT2D eigenvalue weighted by molar-refractivity contribution is -0.139. The van der Waals surface area contributed by atoms with Crippen LogP contribution in [0.4, 0.5) is 0 Å². The molecule has 1 aliphatic rings. The number of benzene rings is 1. The van der Waals surface area contributed by atoms with Crippen molar-refractivity contribution < 1.29 is 19.0 Å². The van der Waals surface area contributed by atoms with Crippen LogP contribution in [-0.2, 0) is 9.53 Å². The largest absolute Gasteiger partial charge is 0.497 e. The Hall–Kier alpha value is -2.28. The zero-order valence-corrected chi connectivity index (χ0v) is 14.4. The highest BCUT2D eigenvalue weighted by atomic mass is 32.1. The third kappa shape index (κ3) is 3.56. The Morgan fingerprint density at radius 1 is 1.30 bits per heavy atom. The van der Waals surface area contributed by atoms with Crippen LogP contribution in [0.15, 0.2) is 29.5 Å². The number of carbonyl (C=O) groups excluding carboxylic acids is 1. The molecule has 0 radical (unpaired) electrons. The van der Waals surface area contributed by atoms with Gasteiger partial charge in [0.25, 0.3) is 0 Å². The Balaban J connectivity index is 2.52. The first-order chi connectivity index (χ1) is 11.0. The summed E-state index contributed by atoms with van der Waals surface area (Å²) >= 11 is 5.22. The number of methoxy groups -OCH3 is 2. The third-order valence-corrected chi connectivity index (χ3v) is 3.74. The van der Waals surface area contributed by atoms with Gasteiger partial charge in [0.15, 0.2) is 5.11 Å². The van der Waals surface area contributed by atoms with Crippen LogP contribution < -0.4 is 20.1 Å². The maximum atomic E-state index is 12.4. The molecule has 0 spiro atoms. The van der Waals surface area contributed by atoms with Crippen molar-refractivity contribution in [3.63, 3.8) is 0 Å². The van der Waals surface area contributed by atoms with Crippen molar-refractivity contribution in [2.24, 2.45) is 0 Å². The molecule has 1 aromatic carbocycles. The van der Waals surface area contributed by atoms with E-state index in [1.165, 1.54) is 0 Å². The summed E-state index contributed by atoms with van der Waals surface area (Å²) in [7, 11) is 3.15. The summed E-state index contributed by atoms with van der Waals surface area (Å²) in [5.41, 5.74) is 1.92. The molecule has 6 nitrogen and oxygen atoms in total. The second-order valence-electron chi connectivity index (χ2n) is 4.90. The summed E-state index contributed by atoms with van der Waals surface area (Å²) < 4.78 is 15.8. The van der Waals surface area contributed by atoms with Crippen molar-refractivity contribution in [3.8, 4) is 11.5 Å². The molecule has 23 heavy (non-hydrogen) atoms. The standard InChI is InChI=1S/C16H20N2O4S/c1-5-22-15(19)13-9(2)17-16(23)18-14(13)11-7-6-10(20-3)8-12(11)21-4/h6-8,14H,5H2,1-4H3,(H2,17,18,23). The minimum absolute atomic E-state index is 0.298. The Labute approximate surface area is 140 Å². The van der Waals surface area contributed by atoms with Crippen LogP contribution in [0.25, 0.3) is 0 Å². The molecule has 1 aliphatic heterocycles. The SMILES string of the molecule is CCOC(=O)C1=C(C)NC(=S)NC1c1ccc(OC)cc1OC. The average molecular weight is 336 g/mol. The molecule has 0 amide bonds. The lowest BCUT2D eigenvalue weighted by atomic mass is 9.94. The van der Waals surface area contributed by atoms with Crippen LogP contribution in [0.2, 0.25) is 0 Å². The van der Waals surface area contributed by atoms with Crippen LogP contribution in [0.5, 0.6) is 11.5 Å². The van der Waals surface area contributed by atoms with E-state index < -0.39 is 12.0 Å². The van der Waals surface area contributed by atoms with Gasteiger partial charge in [-0.3, -0.25) is 0 Å². The number of allylic oxidation sites excluding steroid dienone is 1. The van der Waals surface area contributed by atoms with Crippen molar-refractivity contribution in [3.05, 3.63) is 35.0 Å². The molecule has 1 aromatic rings. The van der Waals surface area contributed by atoms with Gasteiger partial charge in [-0.25, -0.2) is 4.79 Å². The number of ether oxygens (including phenoxy) is 3. The van der Waals surface area contributed by atoms with Crippen LogP contribution >= 0.6 is 12.2 Å². The van der Waals surface area contributed by atoms with E-state index in [0.717, 1.165) is 5.56 Å². The molecule has 0 aliphatic carbocycles. The molecular formula is C16H20N2O4S. The predicted molar refractivity (Wildman–Crippen MR) is 90.5 cm³/mol. The molecule has 0 saturated heterocycles. The molecule has 1 unspecified atom stereocenters. The number of hydrogen-bond donors (Lipinski definition) is 2. The van der Waals surface area contributed by atoms with E-state index in [0.29, 0.717) is 34.5 Å². The summed E-state index contributed by atoms with van der Waals surface area (Å²) in [5.74, 6) is 0.872. The highest BCUT2D eigenvalue weighted by Gasteiger charge is 2.32. The number of rotatable bonds is 5. The van der Waals surface area contributed by atoms with E-state index in [2.05, 4.69) is 10.6 Å². The zero-order valence-electron chi connectivity index (χ0n) is 13.6. The number of carbonyl (C=O) groups is 1. The van der Waals surface area contributed by atoms with Crippen LogP contribution in [0.1, 0.15) is 25.5 Å². The first-order valence-electron chi connectivity index (χ1n) is 7.19. The van der Waals surface area contributed by atoms with Crippen molar-refractivity contribution >= 4 is 23.3 Å².